The normalized spacial score (nSPS) is 22.0. The number of amides is 2. The van der Waals surface area contributed by atoms with E-state index < -0.39 is 6.04 Å². The number of nitrogens with zero attached hydrogens (tertiary/aromatic N) is 1. The van der Waals surface area contributed by atoms with E-state index in [1.165, 1.54) is 12.8 Å². The summed E-state index contributed by atoms with van der Waals surface area (Å²) in [6.07, 6.45) is 6.47. The van der Waals surface area contributed by atoms with Crippen molar-refractivity contribution in [2.24, 2.45) is 17.8 Å². The zero-order valence-electron chi connectivity index (χ0n) is 16.9. The van der Waals surface area contributed by atoms with Gasteiger partial charge in [-0.3, -0.25) is 9.59 Å². The summed E-state index contributed by atoms with van der Waals surface area (Å²) in [5.41, 5.74) is 0. The molecular formula is C20H39N3O2. The summed E-state index contributed by atoms with van der Waals surface area (Å²) in [6, 6.07) is -0.437. The van der Waals surface area contributed by atoms with Crippen LogP contribution in [0.3, 0.4) is 0 Å². The van der Waals surface area contributed by atoms with Crippen LogP contribution in [-0.4, -0.2) is 49.4 Å². The fourth-order valence-corrected chi connectivity index (χ4v) is 3.35. The van der Waals surface area contributed by atoms with Crippen molar-refractivity contribution in [2.75, 3.05) is 26.7 Å². The molecule has 0 unspecified atom stereocenters. The minimum Gasteiger partial charge on any atom is -0.353 e. The average molecular weight is 354 g/mol. The van der Waals surface area contributed by atoms with Crippen molar-refractivity contribution in [1.82, 2.24) is 15.5 Å². The smallest absolute Gasteiger partial charge is 0.242 e. The molecule has 1 aliphatic carbocycles. The summed E-state index contributed by atoms with van der Waals surface area (Å²) in [6.45, 7) is 10.9. The highest BCUT2D eigenvalue weighted by Crippen LogP contribution is 2.28. The van der Waals surface area contributed by atoms with E-state index in [0.717, 1.165) is 44.7 Å². The van der Waals surface area contributed by atoms with E-state index >= 15 is 0 Å². The first-order valence-electron chi connectivity index (χ1n) is 10.1. The van der Waals surface area contributed by atoms with Crippen molar-refractivity contribution in [3.05, 3.63) is 0 Å². The van der Waals surface area contributed by atoms with Gasteiger partial charge in [-0.15, -0.1) is 0 Å². The highest BCUT2D eigenvalue weighted by Gasteiger charge is 2.29. The molecule has 25 heavy (non-hydrogen) atoms. The van der Waals surface area contributed by atoms with Crippen LogP contribution in [0, 0.1) is 17.8 Å². The molecule has 0 spiro atoms. The summed E-state index contributed by atoms with van der Waals surface area (Å²) in [4.78, 5) is 27.3. The molecule has 5 nitrogen and oxygen atoms in total. The summed E-state index contributed by atoms with van der Waals surface area (Å²) in [5, 5.41) is 6.00. The first-order valence-corrected chi connectivity index (χ1v) is 10.1. The van der Waals surface area contributed by atoms with E-state index in [0.29, 0.717) is 6.54 Å². The lowest BCUT2D eigenvalue weighted by Crippen LogP contribution is -2.52. The van der Waals surface area contributed by atoms with Gasteiger partial charge in [-0.05, 0) is 57.5 Å². The predicted molar refractivity (Wildman–Crippen MR) is 103 cm³/mol. The Balaban J connectivity index is 2.41. The van der Waals surface area contributed by atoms with Gasteiger partial charge in [0.25, 0.3) is 0 Å². The fourth-order valence-electron chi connectivity index (χ4n) is 3.35. The minimum atomic E-state index is -0.437. The van der Waals surface area contributed by atoms with E-state index in [2.05, 4.69) is 36.4 Å². The number of nitrogens with one attached hydrogen (secondary N) is 2. The molecule has 0 aromatic heterocycles. The van der Waals surface area contributed by atoms with Gasteiger partial charge in [0, 0.05) is 19.0 Å². The quantitative estimate of drug-likeness (QED) is 0.635. The number of hydrogen-bond acceptors (Lipinski definition) is 3. The second-order valence-electron chi connectivity index (χ2n) is 8.13. The summed E-state index contributed by atoms with van der Waals surface area (Å²) in [5.74, 6) is 0.880. The van der Waals surface area contributed by atoms with Crippen LogP contribution >= 0.6 is 0 Å². The van der Waals surface area contributed by atoms with Gasteiger partial charge in [0.15, 0.2) is 0 Å². The topological polar surface area (TPSA) is 61.4 Å². The fraction of sp³-hybridized carbons (Fsp3) is 0.900. The van der Waals surface area contributed by atoms with Crippen molar-refractivity contribution in [1.29, 1.82) is 0 Å². The van der Waals surface area contributed by atoms with Crippen LogP contribution in [0.5, 0.6) is 0 Å². The Bertz CT molecular complexity index is 404. The molecule has 1 atom stereocenters. The Kier molecular flexibility index (Phi) is 10.1. The highest BCUT2D eigenvalue weighted by atomic mass is 16.2. The van der Waals surface area contributed by atoms with Crippen molar-refractivity contribution < 1.29 is 9.59 Å². The Morgan fingerprint density at radius 3 is 2.32 bits per heavy atom. The van der Waals surface area contributed by atoms with Crippen LogP contribution in [0.2, 0.25) is 0 Å². The molecule has 1 rings (SSSR count). The number of likely N-dealkylation sites (N-methyl/N-ethyl adjacent to an activating group) is 1. The van der Waals surface area contributed by atoms with E-state index in [-0.39, 0.29) is 23.7 Å². The van der Waals surface area contributed by atoms with Crippen molar-refractivity contribution in [3.8, 4) is 0 Å². The van der Waals surface area contributed by atoms with Crippen LogP contribution < -0.4 is 10.6 Å². The zero-order chi connectivity index (χ0) is 18.8. The van der Waals surface area contributed by atoms with Crippen LogP contribution in [0.15, 0.2) is 0 Å². The average Bonchev–Trinajstić information content (AvgIpc) is 2.57. The molecule has 1 aliphatic rings. The second kappa shape index (κ2) is 11.5. The lowest BCUT2D eigenvalue weighted by atomic mass is 9.82. The lowest BCUT2D eigenvalue weighted by molar-refractivity contribution is -0.132. The molecule has 2 N–H and O–H groups in total. The van der Waals surface area contributed by atoms with Gasteiger partial charge in [0.05, 0.1) is 0 Å². The highest BCUT2D eigenvalue weighted by molar-refractivity contribution is 5.88. The molecule has 146 valence electrons. The van der Waals surface area contributed by atoms with Gasteiger partial charge >= 0.3 is 0 Å². The maximum atomic E-state index is 12.5. The molecule has 0 aromatic carbocycles. The molecule has 0 bridgehead atoms. The number of carbonyl (C=O) groups excluding carboxylic acids is 2. The van der Waals surface area contributed by atoms with E-state index in [9.17, 15) is 9.59 Å². The van der Waals surface area contributed by atoms with E-state index in [1.807, 2.05) is 13.8 Å². The molecule has 1 fully saturated rings. The Morgan fingerprint density at radius 1 is 1.12 bits per heavy atom. The van der Waals surface area contributed by atoms with Crippen molar-refractivity contribution in [3.63, 3.8) is 0 Å². The first kappa shape index (κ1) is 21.9. The summed E-state index contributed by atoms with van der Waals surface area (Å²) in [7, 11) is 2.08. The molecule has 0 aromatic rings. The van der Waals surface area contributed by atoms with E-state index in [1.54, 1.807) is 0 Å². The van der Waals surface area contributed by atoms with Crippen molar-refractivity contribution in [2.45, 2.75) is 72.3 Å². The second-order valence-corrected chi connectivity index (χ2v) is 8.13. The van der Waals surface area contributed by atoms with Gasteiger partial charge in [-0.1, -0.05) is 34.1 Å². The Hall–Kier alpha value is -1.10. The minimum absolute atomic E-state index is 0.0563. The summed E-state index contributed by atoms with van der Waals surface area (Å²) < 4.78 is 0. The van der Waals surface area contributed by atoms with Crippen molar-refractivity contribution >= 4 is 11.8 Å². The number of carbonyl (C=O) groups is 2. The SMILES string of the molecule is CCCCN(C)CCNC(=O)[C@H](NC(=O)C1CCC(C)CC1)C(C)C. The maximum absolute atomic E-state index is 12.5. The van der Waals surface area contributed by atoms with Gasteiger partial charge in [-0.2, -0.15) is 0 Å². The van der Waals surface area contributed by atoms with Gasteiger partial charge in [0.1, 0.15) is 6.04 Å². The lowest BCUT2D eigenvalue weighted by Gasteiger charge is -2.28. The number of hydrogen-bond donors (Lipinski definition) is 2. The van der Waals surface area contributed by atoms with E-state index in [4.69, 9.17) is 0 Å². The van der Waals surface area contributed by atoms with Crippen LogP contribution in [0.4, 0.5) is 0 Å². The summed E-state index contributed by atoms with van der Waals surface area (Å²) >= 11 is 0. The molecule has 2 amide bonds. The maximum Gasteiger partial charge on any atom is 0.242 e. The van der Waals surface area contributed by atoms with Gasteiger partial charge in [-0.25, -0.2) is 0 Å². The third-order valence-corrected chi connectivity index (χ3v) is 5.32. The van der Waals surface area contributed by atoms with Gasteiger partial charge in [0.2, 0.25) is 11.8 Å². The largest absolute Gasteiger partial charge is 0.353 e. The molecule has 0 heterocycles. The number of rotatable bonds is 10. The molecule has 5 heteroatoms. The monoisotopic (exact) mass is 353 g/mol. The molecule has 0 aliphatic heterocycles. The number of unbranched alkanes of at least 4 members (excludes halogenated alkanes) is 1. The van der Waals surface area contributed by atoms with Crippen LogP contribution in [0.25, 0.3) is 0 Å². The van der Waals surface area contributed by atoms with Crippen LogP contribution in [-0.2, 0) is 9.59 Å². The third-order valence-electron chi connectivity index (χ3n) is 5.32. The van der Waals surface area contributed by atoms with Crippen LogP contribution in [0.1, 0.15) is 66.2 Å². The van der Waals surface area contributed by atoms with Gasteiger partial charge < -0.3 is 15.5 Å². The molecular weight excluding hydrogens is 314 g/mol. The molecule has 1 saturated carbocycles. The Morgan fingerprint density at radius 2 is 1.76 bits per heavy atom. The Labute approximate surface area is 154 Å². The first-order chi connectivity index (χ1) is 11.8. The third kappa shape index (κ3) is 8.21. The zero-order valence-corrected chi connectivity index (χ0v) is 16.9. The molecule has 0 saturated heterocycles. The molecule has 0 radical (unpaired) electrons. The standard InChI is InChI=1S/C20H39N3O2/c1-6-7-13-23(5)14-12-21-20(25)18(15(2)3)22-19(24)17-10-8-16(4)9-11-17/h15-18H,6-14H2,1-5H3,(H,21,25)(H,22,24)/t16?,17?,18-/m1/s1. The predicted octanol–water partition coefficient (Wildman–Crippen LogP) is 2.80.